The number of aliphatic hydroxyl groups excluding tert-OH is 1. The first-order chi connectivity index (χ1) is 6.49. The van der Waals surface area contributed by atoms with Gasteiger partial charge in [0.1, 0.15) is 0 Å². The molecule has 0 fully saturated rings. The molecule has 0 spiro atoms. The number of terminal acetylenes is 1. The summed E-state index contributed by atoms with van der Waals surface area (Å²) in [5, 5.41) is 9.14. The van der Waals surface area contributed by atoms with E-state index < -0.39 is 0 Å². The molecule has 1 rings (SSSR count). The van der Waals surface area contributed by atoms with Crippen LogP contribution in [0.25, 0.3) is 0 Å². The van der Waals surface area contributed by atoms with Gasteiger partial charge >= 0.3 is 0 Å². The molecule has 74 valence electrons. The molecule has 1 nitrogen and oxygen atoms in total. The maximum Gasteiger partial charge on any atom is 0.0694 e. The summed E-state index contributed by atoms with van der Waals surface area (Å²) in [5.41, 5.74) is 2.90. The van der Waals surface area contributed by atoms with Crippen molar-refractivity contribution in [2.24, 2.45) is 0 Å². The molecule has 1 aromatic rings. The summed E-state index contributed by atoms with van der Waals surface area (Å²) >= 11 is 0. The van der Waals surface area contributed by atoms with E-state index in [0.717, 1.165) is 11.1 Å². The van der Waals surface area contributed by atoms with Crippen LogP contribution in [0.5, 0.6) is 0 Å². The van der Waals surface area contributed by atoms with E-state index in [1.165, 1.54) is 5.56 Å². The molecule has 0 radical (unpaired) electrons. The Labute approximate surface area is 85.8 Å². The molecule has 0 atom stereocenters. The summed E-state index contributed by atoms with van der Waals surface area (Å²) < 4.78 is 0. The van der Waals surface area contributed by atoms with Gasteiger partial charge in [-0.15, -0.1) is 6.42 Å². The van der Waals surface area contributed by atoms with Crippen LogP contribution in [-0.4, -0.2) is 5.11 Å². The highest BCUT2D eigenvalue weighted by atomic mass is 16.3. The van der Waals surface area contributed by atoms with E-state index in [1.54, 1.807) is 0 Å². The topological polar surface area (TPSA) is 20.2 Å². The summed E-state index contributed by atoms with van der Waals surface area (Å²) in [4.78, 5) is 0. The van der Waals surface area contributed by atoms with Crippen molar-refractivity contribution in [1.82, 2.24) is 0 Å². The van der Waals surface area contributed by atoms with E-state index in [4.69, 9.17) is 11.5 Å². The van der Waals surface area contributed by atoms with Gasteiger partial charge in [-0.3, -0.25) is 0 Å². The van der Waals surface area contributed by atoms with Crippen molar-refractivity contribution in [3.05, 3.63) is 34.9 Å². The largest absolute Gasteiger partial charge is 0.392 e. The van der Waals surface area contributed by atoms with E-state index in [-0.39, 0.29) is 12.0 Å². The van der Waals surface area contributed by atoms with Crippen LogP contribution in [0.3, 0.4) is 0 Å². The molecule has 0 unspecified atom stereocenters. The van der Waals surface area contributed by atoms with Gasteiger partial charge in [0.2, 0.25) is 0 Å². The molecule has 1 aromatic carbocycles. The van der Waals surface area contributed by atoms with Crippen molar-refractivity contribution < 1.29 is 5.11 Å². The van der Waals surface area contributed by atoms with Crippen LogP contribution in [-0.2, 0) is 12.0 Å². The first-order valence-corrected chi connectivity index (χ1v) is 4.70. The van der Waals surface area contributed by atoms with Gasteiger partial charge in [-0.05, 0) is 22.6 Å². The Bertz CT molecular complexity index is 364. The lowest BCUT2D eigenvalue weighted by Gasteiger charge is -2.20. The highest BCUT2D eigenvalue weighted by Crippen LogP contribution is 2.24. The van der Waals surface area contributed by atoms with Crippen LogP contribution in [0.4, 0.5) is 0 Å². The third-order valence-electron chi connectivity index (χ3n) is 2.30. The van der Waals surface area contributed by atoms with Gasteiger partial charge in [0.05, 0.1) is 6.61 Å². The van der Waals surface area contributed by atoms with Gasteiger partial charge in [0, 0.05) is 5.56 Å². The van der Waals surface area contributed by atoms with Crippen LogP contribution in [0.1, 0.15) is 37.5 Å². The molecule has 0 bridgehead atoms. The molecule has 0 aliphatic heterocycles. The van der Waals surface area contributed by atoms with Crippen LogP contribution in [0.15, 0.2) is 18.2 Å². The van der Waals surface area contributed by atoms with E-state index in [9.17, 15) is 0 Å². The maximum absolute atomic E-state index is 9.14. The van der Waals surface area contributed by atoms with E-state index in [0.29, 0.717) is 0 Å². The maximum atomic E-state index is 9.14. The fourth-order valence-electron chi connectivity index (χ4n) is 1.33. The number of aliphatic hydroxyl groups is 1. The Balaban J connectivity index is 3.23. The van der Waals surface area contributed by atoms with Gasteiger partial charge in [0.15, 0.2) is 0 Å². The second-order valence-electron chi connectivity index (χ2n) is 4.42. The third-order valence-corrected chi connectivity index (χ3v) is 2.30. The second-order valence-corrected chi connectivity index (χ2v) is 4.42. The molecule has 1 N–H and O–H groups in total. The van der Waals surface area contributed by atoms with Gasteiger partial charge < -0.3 is 5.11 Å². The van der Waals surface area contributed by atoms with E-state index >= 15 is 0 Å². The van der Waals surface area contributed by atoms with Gasteiger partial charge in [-0.1, -0.05) is 38.8 Å². The fraction of sp³-hybridized carbons (Fsp3) is 0.385. The molecule has 0 amide bonds. The minimum atomic E-state index is 0.00343. The molecule has 0 heterocycles. The molecule has 0 aliphatic rings. The Kier molecular flexibility index (Phi) is 2.98. The Morgan fingerprint density at radius 3 is 2.43 bits per heavy atom. The van der Waals surface area contributed by atoms with E-state index in [2.05, 4.69) is 26.7 Å². The monoisotopic (exact) mass is 188 g/mol. The van der Waals surface area contributed by atoms with Crippen molar-refractivity contribution in [2.45, 2.75) is 32.8 Å². The minimum absolute atomic E-state index is 0.00343. The molecular formula is C13H16O. The quantitative estimate of drug-likeness (QED) is 0.671. The highest BCUT2D eigenvalue weighted by molar-refractivity contribution is 5.43. The van der Waals surface area contributed by atoms with Crippen LogP contribution >= 0.6 is 0 Å². The zero-order valence-electron chi connectivity index (χ0n) is 8.96. The lowest BCUT2D eigenvalue weighted by atomic mass is 9.85. The summed E-state index contributed by atoms with van der Waals surface area (Å²) in [5.74, 6) is 2.57. The van der Waals surface area contributed by atoms with Crippen molar-refractivity contribution in [3.8, 4) is 12.3 Å². The number of rotatable bonds is 1. The first kappa shape index (κ1) is 10.8. The highest BCUT2D eigenvalue weighted by Gasteiger charge is 2.14. The lowest BCUT2D eigenvalue weighted by molar-refractivity contribution is 0.281. The Morgan fingerprint density at radius 2 is 2.00 bits per heavy atom. The fourth-order valence-corrected chi connectivity index (χ4v) is 1.33. The smallest absolute Gasteiger partial charge is 0.0694 e. The summed E-state index contributed by atoms with van der Waals surface area (Å²) in [6.07, 6.45) is 5.32. The molecule has 14 heavy (non-hydrogen) atoms. The van der Waals surface area contributed by atoms with Gasteiger partial charge in [0.25, 0.3) is 0 Å². The van der Waals surface area contributed by atoms with Gasteiger partial charge in [-0.25, -0.2) is 0 Å². The summed E-state index contributed by atoms with van der Waals surface area (Å²) in [6, 6.07) is 5.90. The predicted octanol–water partition coefficient (Wildman–Crippen LogP) is 2.46. The zero-order chi connectivity index (χ0) is 10.8. The lowest BCUT2D eigenvalue weighted by Crippen LogP contribution is -2.11. The van der Waals surface area contributed by atoms with Crippen molar-refractivity contribution in [1.29, 1.82) is 0 Å². The molecule has 0 saturated carbocycles. The van der Waals surface area contributed by atoms with Crippen molar-refractivity contribution >= 4 is 0 Å². The van der Waals surface area contributed by atoms with E-state index in [1.807, 2.05) is 18.2 Å². The second kappa shape index (κ2) is 3.86. The van der Waals surface area contributed by atoms with Crippen molar-refractivity contribution in [3.63, 3.8) is 0 Å². The molecule has 0 aliphatic carbocycles. The Hall–Kier alpha value is -1.26. The summed E-state index contributed by atoms with van der Waals surface area (Å²) in [6.45, 7) is 6.42. The third kappa shape index (κ3) is 2.16. The normalized spacial score (nSPS) is 11.1. The standard InChI is InChI=1S/C13H16O/c1-5-10-6-7-12(13(2,3)4)8-11(10)9-14/h1,6-8,14H,9H2,2-4H3. The zero-order valence-corrected chi connectivity index (χ0v) is 8.96. The summed E-state index contributed by atoms with van der Waals surface area (Å²) in [7, 11) is 0. The van der Waals surface area contributed by atoms with Crippen LogP contribution in [0.2, 0.25) is 0 Å². The number of hydrogen-bond acceptors (Lipinski definition) is 1. The molecule has 1 heteroatoms. The first-order valence-electron chi connectivity index (χ1n) is 4.70. The predicted molar refractivity (Wildman–Crippen MR) is 59.0 cm³/mol. The van der Waals surface area contributed by atoms with Crippen LogP contribution < -0.4 is 0 Å². The average Bonchev–Trinajstić information content (AvgIpc) is 2.15. The number of hydrogen-bond donors (Lipinski definition) is 1. The molecule has 0 saturated heterocycles. The van der Waals surface area contributed by atoms with Gasteiger partial charge in [-0.2, -0.15) is 0 Å². The molecule has 0 aromatic heterocycles. The Morgan fingerprint density at radius 1 is 1.36 bits per heavy atom. The SMILES string of the molecule is C#Cc1ccc(C(C)(C)C)cc1CO. The molecular weight excluding hydrogens is 172 g/mol. The van der Waals surface area contributed by atoms with Crippen molar-refractivity contribution in [2.75, 3.05) is 0 Å². The number of benzene rings is 1. The average molecular weight is 188 g/mol. The van der Waals surface area contributed by atoms with Crippen LogP contribution in [0, 0.1) is 12.3 Å². The minimum Gasteiger partial charge on any atom is -0.392 e.